The number of aliphatic carboxylic acids is 1. The molecule has 0 aliphatic carbocycles. The number of halogens is 1. The van der Waals surface area contributed by atoms with Gasteiger partial charge in [0.1, 0.15) is 0 Å². The molecule has 1 aromatic carbocycles. The van der Waals surface area contributed by atoms with Crippen molar-refractivity contribution in [2.45, 2.75) is 13.8 Å². The average molecular weight is 211 g/mol. The van der Waals surface area contributed by atoms with Crippen molar-refractivity contribution in [3.05, 3.63) is 39.9 Å². The van der Waals surface area contributed by atoms with Crippen LogP contribution in [0.25, 0.3) is 6.08 Å². The molecule has 0 radical (unpaired) electrons. The summed E-state index contributed by atoms with van der Waals surface area (Å²) >= 11 is 5.78. The quantitative estimate of drug-likeness (QED) is 0.762. The van der Waals surface area contributed by atoms with Crippen molar-refractivity contribution < 1.29 is 9.90 Å². The van der Waals surface area contributed by atoms with Crippen LogP contribution in [0.5, 0.6) is 0 Å². The van der Waals surface area contributed by atoms with Crippen LogP contribution in [0.3, 0.4) is 0 Å². The smallest absolute Gasteiger partial charge is 0.331 e. The molecule has 1 rings (SSSR count). The minimum absolute atomic E-state index is 0.315. The maximum absolute atomic E-state index is 10.6. The Labute approximate surface area is 87.8 Å². The summed E-state index contributed by atoms with van der Waals surface area (Å²) < 4.78 is 0. The molecule has 0 spiro atoms. The Bertz CT molecular complexity index is 394. The Morgan fingerprint density at radius 3 is 2.64 bits per heavy atom. The Morgan fingerprint density at radius 2 is 2.14 bits per heavy atom. The van der Waals surface area contributed by atoms with Gasteiger partial charge in [-0.15, -0.1) is 0 Å². The molecular weight excluding hydrogens is 200 g/mol. The van der Waals surface area contributed by atoms with Crippen molar-refractivity contribution in [1.29, 1.82) is 0 Å². The molecule has 0 unspecified atom stereocenters. The van der Waals surface area contributed by atoms with Crippen LogP contribution in [0.1, 0.15) is 18.1 Å². The van der Waals surface area contributed by atoms with E-state index in [1.54, 1.807) is 19.1 Å². The number of benzene rings is 1. The standard InChI is InChI=1S/C11H11ClO2/c1-7-6-10(12)4-3-9(7)5-8(2)11(13)14/h3-6H,1-2H3,(H,13,14)/b8-5-. The molecule has 0 fully saturated rings. The average Bonchev–Trinajstić information content (AvgIpc) is 2.09. The zero-order valence-electron chi connectivity index (χ0n) is 8.04. The molecule has 1 aromatic rings. The lowest BCUT2D eigenvalue weighted by molar-refractivity contribution is -0.132. The van der Waals surface area contributed by atoms with E-state index in [4.69, 9.17) is 16.7 Å². The number of hydrogen-bond acceptors (Lipinski definition) is 1. The molecular formula is C11H11ClO2. The van der Waals surface area contributed by atoms with Gasteiger partial charge >= 0.3 is 5.97 Å². The zero-order chi connectivity index (χ0) is 10.7. The third-order valence-electron chi connectivity index (χ3n) is 1.94. The van der Waals surface area contributed by atoms with Crippen LogP contribution in [0.2, 0.25) is 5.02 Å². The molecule has 0 atom stereocenters. The van der Waals surface area contributed by atoms with Crippen molar-refractivity contribution in [2.75, 3.05) is 0 Å². The third-order valence-corrected chi connectivity index (χ3v) is 2.18. The van der Waals surface area contributed by atoms with Gasteiger partial charge in [0.2, 0.25) is 0 Å². The summed E-state index contributed by atoms with van der Waals surface area (Å²) in [4.78, 5) is 10.6. The van der Waals surface area contributed by atoms with Crippen LogP contribution in [0, 0.1) is 6.92 Å². The van der Waals surface area contributed by atoms with Gasteiger partial charge in [0, 0.05) is 10.6 Å². The summed E-state index contributed by atoms with van der Waals surface area (Å²) in [5, 5.41) is 9.35. The Morgan fingerprint density at radius 1 is 1.50 bits per heavy atom. The molecule has 74 valence electrons. The summed E-state index contributed by atoms with van der Waals surface area (Å²) in [6, 6.07) is 5.36. The molecule has 3 heteroatoms. The summed E-state index contributed by atoms with van der Waals surface area (Å²) in [7, 11) is 0. The predicted molar refractivity (Wildman–Crippen MR) is 57.5 cm³/mol. The van der Waals surface area contributed by atoms with Gasteiger partial charge in [-0.05, 0) is 43.2 Å². The lowest BCUT2D eigenvalue weighted by Gasteiger charge is -2.01. The van der Waals surface area contributed by atoms with E-state index in [-0.39, 0.29) is 0 Å². The summed E-state index contributed by atoms with van der Waals surface area (Å²) in [5.74, 6) is -0.903. The van der Waals surface area contributed by atoms with Crippen molar-refractivity contribution in [2.24, 2.45) is 0 Å². The molecule has 0 aromatic heterocycles. The molecule has 0 amide bonds. The van der Waals surface area contributed by atoms with Crippen LogP contribution >= 0.6 is 11.6 Å². The van der Waals surface area contributed by atoms with Crippen LogP contribution in [0.4, 0.5) is 0 Å². The van der Waals surface area contributed by atoms with Crippen LogP contribution < -0.4 is 0 Å². The summed E-state index contributed by atoms with van der Waals surface area (Å²) in [6.45, 7) is 3.46. The lowest BCUT2D eigenvalue weighted by atomic mass is 10.1. The van der Waals surface area contributed by atoms with E-state index >= 15 is 0 Å². The van der Waals surface area contributed by atoms with E-state index in [9.17, 15) is 4.79 Å². The van der Waals surface area contributed by atoms with E-state index in [1.165, 1.54) is 0 Å². The van der Waals surface area contributed by atoms with E-state index < -0.39 is 5.97 Å². The lowest BCUT2D eigenvalue weighted by Crippen LogP contribution is -1.95. The van der Waals surface area contributed by atoms with Gasteiger partial charge in [-0.25, -0.2) is 4.79 Å². The number of rotatable bonds is 2. The van der Waals surface area contributed by atoms with Crippen molar-refractivity contribution in [3.63, 3.8) is 0 Å². The Kier molecular flexibility index (Phi) is 3.31. The van der Waals surface area contributed by atoms with E-state index in [1.807, 2.05) is 19.1 Å². The second kappa shape index (κ2) is 4.29. The van der Waals surface area contributed by atoms with Gasteiger partial charge in [-0.2, -0.15) is 0 Å². The molecule has 0 saturated carbocycles. The monoisotopic (exact) mass is 210 g/mol. The maximum Gasteiger partial charge on any atom is 0.331 e. The maximum atomic E-state index is 10.6. The fourth-order valence-electron chi connectivity index (χ4n) is 1.10. The molecule has 14 heavy (non-hydrogen) atoms. The highest BCUT2D eigenvalue weighted by atomic mass is 35.5. The number of hydrogen-bond donors (Lipinski definition) is 1. The SMILES string of the molecule is C/C(=C/c1ccc(Cl)cc1C)C(=O)O. The molecule has 0 bridgehead atoms. The first kappa shape index (κ1) is 10.8. The second-order valence-corrected chi connectivity index (χ2v) is 3.57. The second-order valence-electron chi connectivity index (χ2n) is 3.13. The first-order valence-electron chi connectivity index (χ1n) is 4.18. The molecule has 0 aliphatic rings. The molecule has 1 N–H and O–H groups in total. The minimum atomic E-state index is -0.903. The highest BCUT2D eigenvalue weighted by molar-refractivity contribution is 6.30. The fourth-order valence-corrected chi connectivity index (χ4v) is 1.32. The first-order chi connectivity index (χ1) is 6.50. The number of aryl methyl sites for hydroxylation is 1. The van der Waals surface area contributed by atoms with Crippen molar-refractivity contribution >= 4 is 23.6 Å². The topological polar surface area (TPSA) is 37.3 Å². The van der Waals surface area contributed by atoms with E-state index in [2.05, 4.69) is 0 Å². The van der Waals surface area contributed by atoms with Crippen molar-refractivity contribution in [1.82, 2.24) is 0 Å². The zero-order valence-corrected chi connectivity index (χ0v) is 8.80. The summed E-state index contributed by atoms with van der Waals surface area (Å²) in [5.41, 5.74) is 2.17. The van der Waals surface area contributed by atoms with Gasteiger partial charge in [0.15, 0.2) is 0 Å². The number of carbonyl (C=O) groups is 1. The Hall–Kier alpha value is -1.28. The van der Waals surface area contributed by atoms with E-state index in [0.29, 0.717) is 10.6 Å². The van der Waals surface area contributed by atoms with Crippen LogP contribution in [-0.2, 0) is 4.79 Å². The molecule has 0 heterocycles. The van der Waals surface area contributed by atoms with Crippen LogP contribution in [-0.4, -0.2) is 11.1 Å². The molecule has 0 saturated heterocycles. The van der Waals surface area contributed by atoms with Crippen LogP contribution in [0.15, 0.2) is 23.8 Å². The first-order valence-corrected chi connectivity index (χ1v) is 4.56. The van der Waals surface area contributed by atoms with Gasteiger partial charge in [-0.3, -0.25) is 0 Å². The highest BCUT2D eigenvalue weighted by Gasteiger charge is 2.01. The van der Waals surface area contributed by atoms with Gasteiger partial charge in [0.25, 0.3) is 0 Å². The predicted octanol–water partition coefficient (Wildman–Crippen LogP) is 3.14. The normalized spacial score (nSPS) is 11.5. The third kappa shape index (κ3) is 2.60. The fraction of sp³-hybridized carbons (Fsp3) is 0.182. The number of carboxylic acid groups (broad SMARTS) is 1. The van der Waals surface area contributed by atoms with Gasteiger partial charge in [0.05, 0.1) is 0 Å². The van der Waals surface area contributed by atoms with Gasteiger partial charge in [-0.1, -0.05) is 17.7 Å². The minimum Gasteiger partial charge on any atom is -0.478 e. The molecule has 0 aliphatic heterocycles. The largest absolute Gasteiger partial charge is 0.478 e. The summed E-state index contributed by atoms with van der Waals surface area (Å²) in [6.07, 6.45) is 1.63. The number of carboxylic acids is 1. The van der Waals surface area contributed by atoms with E-state index in [0.717, 1.165) is 11.1 Å². The molecule has 2 nitrogen and oxygen atoms in total. The Balaban J connectivity index is 3.09. The van der Waals surface area contributed by atoms with Gasteiger partial charge < -0.3 is 5.11 Å². The highest BCUT2D eigenvalue weighted by Crippen LogP contribution is 2.17. The van der Waals surface area contributed by atoms with Crippen molar-refractivity contribution in [3.8, 4) is 0 Å².